The topological polar surface area (TPSA) is 24.1 Å². The lowest BCUT2D eigenvalue weighted by atomic mass is 10.0. The minimum absolute atomic E-state index is 0.0357. The van der Waals surface area contributed by atoms with Crippen LogP contribution in [-0.4, -0.2) is 5.11 Å². The number of hydrogen-bond donors (Lipinski definition) is 2. The van der Waals surface area contributed by atoms with Crippen molar-refractivity contribution in [3.63, 3.8) is 0 Å². The molecule has 0 unspecified atom stereocenters. The number of benzene rings is 1. The first-order chi connectivity index (χ1) is 9.22. The molecule has 1 atom stereocenters. The van der Waals surface area contributed by atoms with Gasteiger partial charge in [0.05, 0.1) is 16.6 Å². The summed E-state index contributed by atoms with van der Waals surface area (Å²) in [5.74, 6) is -0.234. The molecule has 1 aliphatic rings. The fourth-order valence-corrected chi connectivity index (χ4v) is 2.92. The molecule has 0 saturated carbocycles. The van der Waals surface area contributed by atoms with Crippen LogP contribution >= 0.6 is 23.6 Å². The molecule has 0 saturated heterocycles. The first kappa shape index (κ1) is 12.3. The van der Waals surface area contributed by atoms with Gasteiger partial charge in [-0.1, -0.05) is 18.2 Å². The molecular formula is C14H11FN2S2. The van der Waals surface area contributed by atoms with Crippen LogP contribution in [0.5, 0.6) is 0 Å². The van der Waals surface area contributed by atoms with Gasteiger partial charge >= 0.3 is 0 Å². The van der Waals surface area contributed by atoms with Crippen molar-refractivity contribution >= 4 is 34.4 Å². The minimum Gasteiger partial charge on any atom is -0.352 e. The standard InChI is InChI=1S/C14H11FN2S2/c15-10-5-3-9(4-6-10)11-8-12(17-14(18)16-11)13-2-1-7-19-13/h1-8,11H,(H2,16,17,18)/t11-/m0/s1. The van der Waals surface area contributed by atoms with E-state index in [9.17, 15) is 4.39 Å². The summed E-state index contributed by atoms with van der Waals surface area (Å²) >= 11 is 6.88. The van der Waals surface area contributed by atoms with E-state index in [4.69, 9.17) is 12.2 Å². The summed E-state index contributed by atoms with van der Waals surface area (Å²) in [4.78, 5) is 1.14. The van der Waals surface area contributed by atoms with Crippen molar-refractivity contribution < 1.29 is 4.39 Å². The molecule has 96 valence electrons. The Labute approximate surface area is 120 Å². The zero-order valence-corrected chi connectivity index (χ0v) is 11.5. The van der Waals surface area contributed by atoms with Crippen molar-refractivity contribution in [2.24, 2.45) is 0 Å². The summed E-state index contributed by atoms with van der Waals surface area (Å²) in [7, 11) is 0. The van der Waals surface area contributed by atoms with Gasteiger partial charge in [0.2, 0.25) is 0 Å². The van der Waals surface area contributed by atoms with E-state index in [0.717, 1.165) is 16.1 Å². The Morgan fingerprint density at radius 3 is 2.63 bits per heavy atom. The van der Waals surface area contributed by atoms with E-state index >= 15 is 0 Å². The highest BCUT2D eigenvalue weighted by atomic mass is 32.1. The van der Waals surface area contributed by atoms with Crippen molar-refractivity contribution in [3.8, 4) is 0 Å². The summed E-state index contributed by atoms with van der Waals surface area (Å²) in [6.07, 6.45) is 2.06. The Hall–Kier alpha value is -1.72. The molecule has 0 aliphatic carbocycles. The summed E-state index contributed by atoms with van der Waals surface area (Å²) < 4.78 is 13.0. The zero-order chi connectivity index (χ0) is 13.2. The molecule has 2 N–H and O–H groups in total. The highest BCUT2D eigenvalue weighted by Gasteiger charge is 2.18. The molecule has 0 bridgehead atoms. The van der Waals surface area contributed by atoms with Gasteiger partial charge in [0.25, 0.3) is 0 Å². The Bertz CT molecular complexity index is 617. The lowest BCUT2D eigenvalue weighted by molar-refractivity contribution is 0.625. The molecule has 0 spiro atoms. The van der Waals surface area contributed by atoms with Crippen molar-refractivity contribution in [1.29, 1.82) is 0 Å². The fourth-order valence-electron chi connectivity index (χ4n) is 1.97. The van der Waals surface area contributed by atoms with Gasteiger partial charge in [-0.2, -0.15) is 0 Å². The normalized spacial score (nSPS) is 18.5. The van der Waals surface area contributed by atoms with Crippen LogP contribution in [0.3, 0.4) is 0 Å². The highest BCUT2D eigenvalue weighted by Crippen LogP contribution is 2.25. The maximum Gasteiger partial charge on any atom is 0.171 e. The molecule has 1 aliphatic heterocycles. The molecule has 5 heteroatoms. The zero-order valence-electron chi connectivity index (χ0n) is 9.89. The first-order valence-corrected chi connectivity index (χ1v) is 7.10. The van der Waals surface area contributed by atoms with E-state index in [1.807, 2.05) is 17.5 Å². The van der Waals surface area contributed by atoms with E-state index in [1.165, 1.54) is 12.1 Å². The molecule has 1 aromatic carbocycles. The van der Waals surface area contributed by atoms with E-state index < -0.39 is 0 Å². The van der Waals surface area contributed by atoms with Gasteiger partial charge in [0.1, 0.15) is 5.82 Å². The molecule has 0 fully saturated rings. The van der Waals surface area contributed by atoms with Crippen molar-refractivity contribution in [2.45, 2.75) is 6.04 Å². The highest BCUT2D eigenvalue weighted by molar-refractivity contribution is 7.80. The molecule has 0 amide bonds. The molecular weight excluding hydrogens is 279 g/mol. The molecule has 0 radical (unpaired) electrons. The summed E-state index contributed by atoms with van der Waals surface area (Å²) in [6, 6.07) is 10.5. The number of thiocarbonyl (C=S) groups is 1. The van der Waals surface area contributed by atoms with Crippen LogP contribution in [0.2, 0.25) is 0 Å². The fraction of sp³-hybridized carbons (Fsp3) is 0.0714. The molecule has 2 nitrogen and oxygen atoms in total. The van der Waals surface area contributed by atoms with Crippen molar-refractivity contribution in [1.82, 2.24) is 10.6 Å². The number of nitrogens with one attached hydrogen (secondary N) is 2. The summed E-state index contributed by atoms with van der Waals surface area (Å²) in [5.41, 5.74) is 1.98. The van der Waals surface area contributed by atoms with Gasteiger partial charge in [0.15, 0.2) is 5.11 Å². The smallest absolute Gasteiger partial charge is 0.171 e. The van der Waals surface area contributed by atoms with Gasteiger partial charge < -0.3 is 10.6 Å². The first-order valence-electron chi connectivity index (χ1n) is 5.81. The molecule has 3 rings (SSSR count). The average Bonchev–Trinajstić information content (AvgIpc) is 2.93. The SMILES string of the molecule is Fc1ccc([C@@H]2C=C(c3cccs3)NC(=S)N2)cc1. The quantitative estimate of drug-likeness (QED) is 0.828. The van der Waals surface area contributed by atoms with Crippen LogP contribution in [0.25, 0.3) is 5.70 Å². The van der Waals surface area contributed by atoms with Crippen LogP contribution in [0.1, 0.15) is 16.5 Å². The third kappa shape index (κ3) is 2.67. The van der Waals surface area contributed by atoms with E-state index in [-0.39, 0.29) is 11.9 Å². The maximum atomic E-state index is 13.0. The second kappa shape index (κ2) is 5.11. The Kier molecular flexibility index (Phi) is 3.31. The van der Waals surface area contributed by atoms with Gasteiger partial charge in [-0.15, -0.1) is 11.3 Å². The number of halogens is 1. The lowest BCUT2D eigenvalue weighted by Gasteiger charge is -2.25. The van der Waals surface area contributed by atoms with Crippen molar-refractivity contribution in [2.75, 3.05) is 0 Å². The van der Waals surface area contributed by atoms with Crippen molar-refractivity contribution in [3.05, 3.63) is 64.1 Å². The molecule has 2 heterocycles. The van der Waals surface area contributed by atoms with Crippen LogP contribution in [-0.2, 0) is 0 Å². The van der Waals surface area contributed by atoms with Crippen LogP contribution in [0.4, 0.5) is 4.39 Å². The van der Waals surface area contributed by atoms with Gasteiger partial charge in [-0.05, 0) is 47.4 Å². The Morgan fingerprint density at radius 1 is 1.16 bits per heavy atom. The molecule has 2 aromatic rings. The number of thiophene rings is 1. The van der Waals surface area contributed by atoms with Crippen LogP contribution in [0.15, 0.2) is 47.9 Å². The average molecular weight is 290 g/mol. The Balaban J connectivity index is 1.95. The predicted octanol–water partition coefficient (Wildman–Crippen LogP) is 3.45. The van der Waals surface area contributed by atoms with Crippen LogP contribution in [0, 0.1) is 5.82 Å². The van der Waals surface area contributed by atoms with E-state index in [2.05, 4.69) is 16.7 Å². The van der Waals surface area contributed by atoms with E-state index in [0.29, 0.717) is 5.11 Å². The molecule has 1 aromatic heterocycles. The van der Waals surface area contributed by atoms with Crippen LogP contribution < -0.4 is 10.6 Å². The third-order valence-corrected chi connectivity index (χ3v) is 4.01. The molecule has 19 heavy (non-hydrogen) atoms. The third-order valence-electron chi connectivity index (χ3n) is 2.88. The maximum absolute atomic E-state index is 13.0. The minimum atomic E-state index is -0.234. The second-order valence-electron chi connectivity index (χ2n) is 4.19. The van der Waals surface area contributed by atoms with Gasteiger partial charge in [-0.25, -0.2) is 4.39 Å². The second-order valence-corrected chi connectivity index (χ2v) is 5.54. The Morgan fingerprint density at radius 2 is 1.95 bits per heavy atom. The number of hydrogen-bond acceptors (Lipinski definition) is 2. The predicted molar refractivity (Wildman–Crippen MR) is 80.3 cm³/mol. The number of rotatable bonds is 2. The largest absolute Gasteiger partial charge is 0.352 e. The summed E-state index contributed by atoms with van der Waals surface area (Å²) in [5, 5.41) is 8.92. The van der Waals surface area contributed by atoms with E-state index in [1.54, 1.807) is 23.5 Å². The van der Waals surface area contributed by atoms with Gasteiger partial charge in [0, 0.05) is 0 Å². The monoisotopic (exact) mass is 290 g/mol. The van der Waals surface area contributed by atoms with Gasteiger partial charge in [-0.3, -0.25) is 0 Å². The summed E-state index contributed by atoms with van der Waals surface area (Å²) in [6.45, 7) is 0. The lowest BCUT2D eigenvalue weighted by Crippen LogP contribution is -2.40.